The van der Waals surface area contributed by atoms with E-state index in [2.05, 4.69) is 10.3 Å². The van der Waals surface area contributed by atoms with Crippen molar-refractivity contribution in [1.29, 1.82) is 0 Å². The summed E-state index contributed by atoms with van der Waals surface area (Å²) >= 11 is 7.35. The first-order chi connectivity index (χ1) is 14.5. The SMILES string of the molecule is CN(C)C(=O)c1ccc(Cl)c(NC(=O)Cc2csc(-c3ccc(C(F)(F)F)cc3)n2)c1. The van der Waals surface area contributed by atoms with Crippen molar-refractivity contribution < 1.29 is 22.8 Å². The zero-order valence-electron chi connectivity index (χ0n) is 16.5. The van der Waals surface area contributed by atoms with Gasteiger partial charge in [0.1, 0.15) is 5.01 Å². The summed E-state index contributed by atoms with van der Waals surface area (Å²) in [6.07, 6.45) is -4.46. The molecule has 0 saturated heterocycles. The summed E-state index contributed by atoms with van der Waals surface area (Å²) in [5, 5.41) is 5.12. The first-order valence-corrected chi connectivity index (χ1v) is 10.2. The van der Waals surface area contributed by atoms with Crippen LogP contribution in [0.4, 0.5) is 18.9 Å². The molecule has 2 aromatic carbocycles. The second kappa shape index (κ2) is 9.07. The van der Waals surface area contributed by atoms with E-state index in [4.69, 9.17) is 11.6 Å². The first-order valence-electron chi connectivity index (χ1n) is 8.97. The lowest BCUT2D eigenvalue weighted by Crippen LogP contribution is -2.22. The Labute approximate surface area is 185 Å². The molecule has 3 rings (SSSR count). The molecule has 0 bridgehead atoms. The fourth-order valence-electron chi connectivity index (χ4n) is 2.69. The highest BCUT2D eigenvalue weighted by molar-refractivity contribution is 7.13. The predicted molar refractivity (Wildman–Crippen MR) is 114 cm³/mol. The maximum Gasteiger partial charge on any atom is 0.416 e. The van der Waals surface area contributed by atoms with Crippen molar-refractivity contribution in [3.8, 4) is 10.6 Å². The highest BCUT2D eigenvalue weighted by atomic mass is 35.5. The van der Waals surface area contributed by atoms with E-state index in [1.807, 2.05) is 0 Å². The Kier molecular flexibility index (Phi) is 6.66. The fourth-order valence-corrected chi connectivity index (χ4v) is 3.68. The van der Waals surface area contributed by atoms with E-state index in [9.17, 15) is 22.8 Å². The Morgan fingerprint density at radius 1 is 1.13 bits per heavy atom. The molecule has 0 spiro atoms. The molecule has 10 heteroatoms. The Balaban J connectivity index is 1.69. The molecule has 2 amide bonds. The quantitative estimate of drug-likeness (QED) is 0.549. The zero-order valence-corrected chi connectivity index (χ0v) is 18.0. The molecule has 1 N–H and O–H groups in total. The normalized spacial score (nSPS) is 11.3. The van der Waals surface area contributed by atoms with Gasteiger partial charge in [-0.05, 0) is 30.3 Å². The molecule has 31 heavy (non-hydrogen) atoms. The summed E-state index contributed by atoms with van der Waals surface area (Å²) in [4.78, 5) is 30.3. The Morgan fingerprint density at radius 2 is 1.81 bits per heavy atom. The molecular formula is C21H17ClF3N3O2S. The van der Waals surface area contributed by atoms with Gasteiger partial charge >= 0.3 is 6.18 Å². The largest absolute Gasteiger partial charge is 0.416 e. The summed E-state index contributed by atoms with van der Waals surface area (Å²) < 4.78 is 38.1. The van der Waals surface area contributed by atoms with Crippen molar-refractivity contribution in [2.45, 2.75) is 12.6 Å². The van der Waals surface area contributed by atoms with E-state index in [0.29, 0.717) is 27.5 Å². The van der Waals surface area contributed by atoms with Crippen molar-refractivity contribution in [3.63, 3.8) is 0 Å². The minimum Gasteiger partial charge on any atom is -0.345 e. The summed E-state index contributed by atoms with van der Waals surface area (Å²) in [5.74, 6) is -0.617. The number of thiazole rings is 1. The van der Waals surface area contributed by atoms with Crippen LogP contribution in [0.5, 0.6) is 0 Å². The average Bonchev–Trinajstić information content (AvgIpc) is 3.16. The van der Waals surface area contributed by atoms with Gasteiger partial charge in [0.25, 0.3) is 5.91 Å². The van der Waals surface area contributed by atoms with Crippen LogP contribution in [0.25, 0.3) is 10.6 Å². The standard InChI is InChI=1S/C21H17ClF3N3O2S/c1-28(2)20(30)13-5-8-16(22)17(9-13)27-18(29)10-15-11-31-19(26-15)12-3-6-14(7-4-12)21(23,24)25/h3-9,11H,10H2,1-2H3,(H,27,29). The maximum atomic E-state index is 12.7. The van der Waals surface area contributed by atoms with Crippen LogP contribution in [0.2, 0.25) is 5.02 Å². The topological polar surface area (TPSA) is 62.3 Å². The fraction of sp³-hybridized carbons (Fsp3) is 0.190. The number of hydrogen-bond donors (Lipinski definition) is 1. The lowest BCUT2D eigenvalue weighted by atomic mass is 10.1. The van der Waals surface area contributed by atoms with E-state index in [-0.39, 0.29) is 23.3 Å². The highest BCUT2D eigenvalue weighted by Gasteiger charge is 2.30. The number of carbonyl (C=O) groups excluding carboxylic acids is 2. The van der Waals surface area contributed by atoms with Crippen molar-refractivity contribution in [3.05, 3.63) is 69.7 Å². The van der Waals surface area contributed by atoms with Gasteiger partial charge in [-0.1, -0.05) is 23.7 Å². The second-order valence-corrected chi connectivity index (χ2v) is 8.10. The van der Waals surface area contributed by atoms with Gasteiger partial charge in [0.05, 0.1) is 28.4 Å². The van der Waals surface area contributed by atoms with Crippen LogP contribution in [-0.2, 0) is 17.4 Å². The van der Waals surface area contributed by atoms with E-state index >= 15 is 0 Å². The van der Waals surface area contributed by atoms with Gasteiger partial charge < -0.3 is 10.2 Å². The third-order valence-corrected chi connectivity index (χ3v) is 5.52. The van der Waals surface area contributed by atoms with Crippen LogP contribution in [0.1, 0.15) is 21.6 Å². The second-order valence-electron chi connectivity index (χ2n) is 6.84. The third-order valence-electron chi connectivity index (χ3n) is 4.25. The number of anilines is 1. The van der Waals surface area contributed by atoms with Crippen molar-refractivity contribution >= 4 is 40.4 Å². The van der Waals surface area contributed by atoms with Gasteiger partial charge in [0.2, 0.25) is 5.91 Å². The van der Waals surface area contributed by atoms with Gasteiger partial charge in [-0.3, -0.25) is 9.59 Å². The lowest BCUT2D eigenvalue weighted by molar-refractivity contribution is -0.137. The van der Waals surface area contributed by atoms with Gasteiger partial charge in [0.15, 0.2) is 0 Å². The van der Waals surface area contributed by atoms with Crippen LogP contribution in [0, 0.1) is 0 Å². The van der Waals surface area contributed by atoms with Crippen LogP contribution in [0.3, 0.4) is 0 Å². The van der Waals surface area contributed by atoms with Crippen LogP contribution in [-0.4, -0.2) is 35.8 Å². The number of hydrogen-bond acceptors (Lipinski definition) is 4. The van der Waals surface area contributed by atoms with E-state index in [0.717, 1.165) is 12.1 Å². The zero-order chi connectivity index (χ0) is 22.8. The number of halogens is 4. The predicted octanol–water partition coefficient (Wildman–Crippen LogP) is 5.37. The molecule has 0 aliphatic carbocycles. The molecule has 0 aliphatic heterocycles. The molecule has 3 aromatic rings. The molecule has 0 aliphatic rings. The molecular weight excluding hydrogens is 451 g/mol. The van der Waals surface area contributed by atoms with Crippen molar-refractivity contribution in [2.24, 2.45) is 0 Å². The number of nitrogens with zero attached hydrogens (tertiary/aromatic N) is 2. The number of carbonyl (C=O) groups is 2. The number of rotatable bonds is 5. The monoisotopic (exact) mass is 467 g/mol. The lowest BCUT2D eigenvalue weighted by Gasteiger charge is -2.12. The first kappa shape index (κ1) is 22.8. The molecule has 0 unspecified atom stereocenters. The van der Waals surface area contributed by atoms with Gasteiger partial charge in [-0.15, -0.1) is 11.3 Å². The van der Waals surface area contributed by atoms with Gasteiger partial charge in [-0.25, -0.2) is 4.98 Å². The van der Waals surface area contributed by atoms with E-state index < -0.39 is 11.7 Å². The number of aromatic nitrogens is 1. The van der Waals surface area contributed by atoms with Crippen LogP contribution in [0.15, 0.2) is 47.8 Å². The molecule has 0 saturated carbocycles. The molecule has 162 valence electrons. The molecule has 0 atom stereocenters. The molecule has 0 fully saturated rings. The van der Waals surface area contributed by atoms with E-state index in [1.165, 1.54) is 40.5 Å². The number of alkyl halides is 3. The Bertz CT molecular complexity index is 1110. The molecule has 1 aromatic heterocycles. The van der Waals surface area contributed by atoms with Gasteiger partial charge in [0, 0.05) is 30.6 Å². The molecule has 1 heterocycles. The van der Waals surface area contributed by atoms with Crippen molar-refractivity contribution in [1.82, 2.24) is 9.88 Å². The van der Waals surface area contributed by atoms with Crippen LogP contribution >= 0.6 is 22.9 Å². The number of amides is 2. The third kappa shape index (κ3) is 5.62. The number of nitrogens with one attached hydrogen (secondary N) is 1. The minimum absolute atomic E-state index is 0.0562. The summed E-state index contributed by atoms with van der Waals surface area (Å²) in [5.41, 5.74) is 0.941. The summed E-state index contributed by atoms with van der Waals surface area (Å²) in [6, 6.07) is 9.27. The molecule has 5 nitrogen and oxygen atoms in total. The van der Waals surface area contributed by atoms with Crippen LogP contribution < -0.4 is 5.32 Å². The minimum atomic E-state index is -4.40. The van der Waals surface area contributed by atoms with E-state index in [1.54, 1.807) is 25.5 Å². The average molecular weight is 468 g/mol. The molecule has 0 radical (unpaired) electrons. The van der Waals surface area contributed by atoms with Crippen molar-refractivity contribution in [2.75, 3.05) is 19.4 Å². The summed E-state index contributed by atoms with van der Waals surface area (Å²) in [7, 11) is 3.23. The smallest absolute Gasteiger partial charge is 0.345 e. The Hall–Kier alpha value is -2.91. The van der Waals surface area contributed by atoms with Gasteiger partial charge in [-0.2, -0.15) is 13.2 Å². The number of benzene rings is 2. The Morgan fingerprint density at radius 3 is 2.42 bits per heavy atom. The summed E-state index contributed by atoms with van der Waals surface area (Å²) in [6.45, 7) is 0. The highest BCUT2D eigenvalue weighted by Crippen LogP contribution is 2.32. The maximum absolute atomic E-state index is 12.7.